The van der Waals surface area contributed by atoms with Crippen molar-refractivity contribution in [2.45, 2.75) is 37.6 Å². The normalized spacial score (nSPS) is 31.8. The molecule has 3 rings (SSSR count). The molecule has 8 nitrogen and oxygen atoms in total. The quantitative estimate of drug-likeness (QED) is 0.672. The third kappa shape index (κ3) is 1.82. The standard InChI is InChI=1S/C11H14FN5O3/c1-4(18)8-7(19)5(12)11(20-8)17-3-16-6-9(13)14-2-15-10(6)17/h2-5,7-8,11,18-19H,1H3,(H2,13,14,15). The first-order chi connectivity index (χ1) is 9.50. The maximum absolute atomic E-state index is 14.2. The third-order valence-corrected chi connectivity index (χ3v) is 3.37. The van der Waals surface area contributed by atoms with Gasteiger partial charge in [0.15, 0.2) is 23.9 Å². The number of nitrogen functional groups attached to an aromatic ring is 1. The number of fused-ring (bicyclic) bond motifs is 1. The van der Waals surface area contributed by atoms with Crippen LogP contribution in [0, 0.1) is 0 Å². The molecule has 0 spiro atoms. The van der Waals surface area contributed by atoms with Gasteiger partial charge in [0, 0.05) is 0 Å². The Kier molecular flexibility index (Phi) is 3.04. The second-order valence-electron chi connectivity index (χ2n) is 4.75. The van der Waals surface area contributed by atoms with Crippen molar-refractivity contribution in [2.24, 2.45) is 0 Å². The summed E-state index contributed by atoms with van der Waals surface area (Å²) < 4.78 is 20.9. The first-order valence-corrected chi connectivity index (χ1v) is 6.09. The van der Waals surface area contributed by atoms with E-state index in [1.165, 1.54) is 24.1 Å². The number of nitrogens with two attached hydrogens (primary N) is 1. The molecule has 2 aromatic heterocycles. The molecule has 4 N–H and O–H groups in total. The van der Waals surface area contributed by atoms with Crippen molar-refractivity contribution in [3.05, 3.63) is 12.7 Å². The molecule has 0 radical (unpaired) electrons. The lowest BCUT2D eigenvalue weighted by Crippen LogP contribution is -2.35. The molecule has 0 bridgehead atoms. The van der Waals surface area contributed by atoms with E-state index in [2.05, 4.69) is 15.0 Å². The van der Waals surface area contributed by atoms with Gasteiger partial charge in [-0.3, -0.25) is 4.57 Å². The summed E-state index contributed by atoms with van der Waals surface area (Å²) in [6.45, 7) is 1.43. The predicted octanol–water partition coefficient (Wildman–Crippen LogP) is -0.614. The van der Waals surface area contributed by atoms with Gasteiger partial charge in [0.25, 0.3) is 0 Å². The number of aromatic nitrogens is 4. The van der Waals surface area contributed by atoms with Crippen molar-refractivity contribution in [2.75, 3.05) is 5.73 Å². The van der Waals surface area contributed by atoms with Crippen LogP contribution in [0.2, 0.25) is 0 Å². The molecule has 0 amide bonds. The lowest BCUT2D eigenvalue weighted by Gasteiger charge is -2.17. The highest BCUT2D eigenvalue weighted by molar-refractivity contribution is 5.81. The fraction of sp³-hybridized carbons (Fsp3) is 0.545. The largest absolute Gasteiger partial charge is 0.391 e. The molecular formula is C11H14FN5O3. The molecule has 1 saturated heterocycles. The van der Waals surface area contributed by atoms with Crippen molar-refractivity contribution < 1.29 is 19.3 Å². The Hall–Kier alpha value is -1.84. The minimum absolute atomic E-state index is 0.176. The molecule has 108 valence electrons. The van der Waals surface area contributed by atoms with E-state index in [4.69, 9.17) is 10.5 Å². The molecule has 5 unspecified atom stereocenters. The average Bonchev–Trinajstić information content (AvgIpc) is 2.94. The Morgan fingerprint density at radius 1 is 1.45 bits per heavy atom. The highest BCUT2D eigenvalue weighted by Crippen LogP contribution is 2.35. The Balaban J connectivity index is 2.02. The van der Waals surface area contributed by atoms with Gasteiger partial charge in [-0.1, -0.05) is 0 Å². The van der Waals surface area contributed by atoms with Crippen LogP contribution in [0.5, 0.6) is 0 Å². The van der Waals surface area contributed by atoms with Gasteiger partial charge in [0.05, 0.1) is 12.4 Å². The fourth-order valence-corrected chi connectivity index (χ4v) is 2.34. The van der Waals surface area contributed by atoms with Crippen molar-refractivity contribution in [1.82, 2.24) is 19.5 Å². The van der Waals surface area contributed by atoms with E-state index in [1.807, 2.05) is 0 Å². The third-order valence-electron chi connectivity index (χ3n) is 3.37. The molecular weight excluding hydrogens is 269 g/mol. The Morgan fingerprint density at radius 3 is 2.85 bits per heavy atom. The van der Waals surface area contributed by atoms with Crippen molar-refractivity contribution in [1.29, 1.82) is 0 Å². The highest BCUT2D eigenvalue weighted by atomic mass is 19.1. The molecule has 2 aromatic rings. The average molecular weight is 283 g/mol. The van der Waals surface area contributed by atoms with Gasteiger partial charge >= 0.3 is 0 Å². The van der Waals surface area contributed by atoms with E-state index in [1.54, 1.807) is 0 Å². The highest BCUT2D eigenvalue weighted by Gasteiger charge is 2.47. The summed E-state index contributed by atoms with van der Waals surface area (Å²) in [4.78, 5) is 11.8. The summed E-state index contributed by atoms with van der Waals surface area (Å²) in [5, 5.41) is 19.3. The molecule has 3 heterocycles. The lowest BCUT2D eigenvalue weighted by atomic mass is 10.1. The molecule has 1 aliphatic rings. The van der Waals surface area contributed by atoms with E-state index in [0.29, 0.717) is 11.2 Å². The van der Waals surface area contributed by atoms with Gasteiger partial charge in [-0.05, 0) is 6.92 Å². The van der Waals surface area contributed by atoms with Gasteiger partial charge in [-0.15, -0.1) is 0 Å². The molecule has 9 heteroatoms. The first kappa shape index (κ1) is 13.2. The number of halogens is 1. The summed E-state index contributed by atoms with van der Waals surface area (Å²) in [6.07, 6.45) is -3.69. The summed E-state index contributed by atoms with van der Waals surface area (Å²) in [5.74, 6) is 0.176. The summed E-state index contributed by atoms with van der Waals surface area (Å²) in [5.41, 5.74) is 6.30. The maximum Gasteiger partial charge on any atom is 0.173 e. The smallest absolute Gasteiger partial charge is 0.173 e. The number of imidazole rings is 1. The molecule has 0 aliphatic carbocycles. The topological polar surface area (TPSA) is 119 Å². The zero-order chi connectivity index (χ0) is 14.4. The first-order valence-electron chi connectivity index (χ1n) is 6.09. The number of rotatable bonds is 2. The van der Waals surface area contributed by atoms with E-state index in [0.717, 1.165) is 0 Å². The number of aliphatic hydroxyl groups is 2. The number of hydrogen-bond acceptors (Lipinski definition) is 7. The van der Waals surface area contributed by atoms with Crippen LogP contribution in [-0.4, -0.2) is 54.2 Å². The molecule has 5 atom stereocenters. The number of nitrogens with zero attached hydrogens (tertiary/aromatic N) is 4. The second-order valence-corrected chi connectivity index (χ2v) is 4.75. The zero-order valence-corrected chi connectivity index (χ0v) is 10.6. The predicted molar refractivity (Wildman–Crippen MR) is 66.2 cm³/mol. The Bertz CT molecular complexity index is 634. The monoisotopic (exact) mass is 283 g/mol. The Labute approximate surface area is 113 Å². The van der Waals surface area contributed by atoms with E-state index >= 15 is 0 Å². The van der Waals surface area contributed by atoms with Gasteiger partial charge in [0.1, 0.15) is 24.1 Å². The van der Waals surface area contributed by atoms with Crippen LogP contribution in [0.1, 0.15) is 13.2 Å². The number of ether oxygens (including phenoxy) is 1. The van der Waals surface area contributed by atoms with Gasteiger partial charge in [0.2, 0.25) is 0 Å². The van der Waals surface area contributed by atoms with Crippen LogP contribution in [0.25, 0.3) is 11.2 Å². The minimum Gasteiger partial charge on any atom is -0.391 e. The van der Waals surface area contributed by atoms with Crippen LogP contribution < -0.4 is 5.73 Å². The van der Waals surface area contributed by atoms with Crippen molar-refractivity contribution >= 4 is 17.0 Å². The maximum atomic E-state index is 14.2. The molecule has 1 fully saturated rings. The fourth-order valence-electron chi connectivity index (χ4n) is 2.34. The van der Waals surface area contributed by atoms with Crippen molar-refractivity contribution in [3.8, 4) is 0 Å². The van der Waals surface area contributed by atoms with Crippen LogP contribution in [0.4, 0.5) is 10.2 Å². The number of aliphatic hydroxyl groups excluding tert-OH is 2. The van der Waals surface area contributed by atoms with Crippen LogP contribution in [0.3, 0.4) is 0 Å². The Morgan fingerprint density at radius 2 is 2.20 bits per heavy atom. The second kappa shape index (κ2) is 4.62. The van der Waals surface area contributed by atoms with E-state index in [-0.39, 0.29) is 5.82 Å². The summed E-state index contributed by atoms with van der Waals surface area (Å²) in [6, 6.07) is 0. The molecule has 0 saturated carbocycles. The van der Waals surface area contributed by atoms with Gasteiger partial charge < -0.3 is 20.7 Å². The molecule has 0 aromatic carbocycles. The van der Waals surface area contributed by atoms with Crippen LogP contribution in [-0.2, 0) is 4.74 Å². The van der Waals surface area contributed by atoms with E-state index < -0.39 is 30.7 Å². The van der Waals surface area contributed by atoms with Crippen LogP contribution >= 0.6 is 0 Å². The molecule has 20 heavy (non-hydrogen) atoms. The van der Waals surface area contributed by atoms with Crippen LogP contribution in [0.15, 0.2) is 12.7 Å². The minimum atomic E-state index is -1.71. The van der Waals surface area contributed by atoms with Gasteiger partial charge in [-0.2, -0.15) is 0 Å². The lowest BCUT2D eigenvalue weighted by molar-refractivity contribution is -0.0761. The van der Waals surface area contributed by atoms with Crippen molar-refractivity contribution in [3.63, 3.8) is 0 Å². The summed E-state index contributed by atoms with van der Waals surface area (Å²) in [7, 11) is 0. The van der Waals surface area contributed by atoms with Gasteiger partial charge in [-0.25, -0.2) is 19.3 Å². The number of alkyl halides is 1. The summed E-state index contributed by atoms with van der Waals surface area (Å²) >= 11 is 0. The van der Waals surface area contributed by atoms with E-state index in [9.17, 15) is 14.6 Å². The number of hydrogen-bond donors (Lipinski definition) is 3. The number of anilines is 1. The zero-order valence-electron chi connectivity index (χ0n) is 10.6. The molecule has 1 aliphatic heterocycles. The SMILES string of the molecule is CC(O)C1OC(n2cnc3c(N)ncnc32)C(F)C1O.